The summed E-state index contributed by atoms with van der Waals surface area (Å²) in [6.45, 7) is 6.75. The molecule has 2 rings (SSSR count). The molecule has 2 heterocycles. The zero-order chi connectivity index (χ0) is 12.3. The number of carbonyl (C=O) groups is 1. The summed E-state index contributed by atoms with van der Waals surface area (Å²) >= 11 is 0. The molecule has 1 atom stereocenters. The van der Waals surface area contributed by atoms with Crippen molar-refractivity contribution in [2.45, 2.75) is 33.2 Å². The van der Waals surface area contributed by atoms with Crippen molar-refractivity contribution in [1.82, 2.24) is 20.1 Å². The fourth-order valence-corrected chi connectivity index (χ4v) is 2.16. The van der Waals surface area contributed by atoms with Crippen LogP contribution in [0.3, 0.4) is 0 Å². The molecule has 1 aromatic heterocycles. The Balaban J connectivity index is 2.02. The Morgan fingerprint density at radius 1 is 1.59 bits per heavy atom. The molecule has 1 aliphatic heterocycles. The van der Waals surface area contributed by atoms with E-state index >= 15 is 0 Å². The molecule has 0 aliphatic carbocycles. The highest BCUT2D eigenvalue weighted by Crippen LogP contribution is 2.12. The SMILES string of the molecule is CC(C)Cn1ncnc1CC1CNCCC1=O. The first-order chi connectivity index (χ1) is 8.16. The van der Waals surface area contributed by atoms with E-state index in [0.29, 0.717) is 24.5 Å². The molecule has 1 N–H and O–H groups in total. The topological polar surface area (TPSA) is 59.8 Å². The molecule has 1 fully saturated rings. The Morgan fingerprint density at radius 3 is 3.12 bits per heavy atom. The number of hydrogen-bond acceptors (Lipinski definition) is 4. The van der Waals surface area contributed by atoms with Crippen LogP contribution in [-0.2, 0) is 17.8 Å². The van der Waals surface area contributed by atoms with Gasteiger partial charge in [-0.3, -0.25) is 4.79 Å². The van der Waals surface area contributed by atoms with Crippen LogP contribution in [-0.4, -0.2) is 33.6 Å². The Kier molecular flexibility index (Phi) is 3.89. The van der Waals surface area contributed by atoms with Gasteiger partial charge >= 0.3 is 0 Å². The van der Waals surface area contributed by atoms with Crippen LogP contribution in [0.4, 0.5) is 0 Å². The van der Waals surface area contributed by atoms with E-state index in [9.17, 15) is 4.79 Å². The summed E-state index contributed by atoms with van der Waals surface area (Å²) in [7, 11) is 0. The van der Waals surface area contributed by atoms with E-state index in [1.54, 1.807) is 6.33 Å². The highest BCUT2D eigenvalue weighted by atomic mass is 16.1. The van der Waals surface area contributed by atoms with E-state index in [1.165, 1.54) is 0 Å². The third-order valence-corrected chi connectivity index (χ3v) is 3.06. The molecule has 0 spiro atoms. The molecule has 0 saturated carbocycles. The van der Waals surface area contributed by atoms with Crippen LogP contribution in [0.5, 0.6) is 0 Å². The number of nitrogens with zero attached hydrogens (tertiary/aromatic N) is 3. The molecule has 0 amide bonds. The number of ketones is 1. The molecule has 0 aromatic carbocycles. The molecule has 5 nitrogen and oxygen atoms in total. The Hall–Kier alpha value is -1.23. The van der Waals surface area contributed by atoms with Crippen molar-refractivity contribution < 1.29 is 4.79 Å². The average molecular weight is 236 g/mol. The summed E-state index contributed by atoms with van der Waals surface area (Å²) in [6.07, 6.45) is 2.93. The van der Waals surface area contributed by atoms with Crippen LogP contribution >= 0.6 is 0 Å². The minimum atomic E-state index is 0.0684. The van der Waals surface area contributed by atoms with Crippen molar-refractivity contribution in [1.29, 1.82) is 0 Å². The number of Topliss-reactive ketones (excluding diaryl/α,β-unsaturated/α-hetero) is 1. The zero-order valence-corrected chi connectivity index (χ0v) is 10.5. The number of rotatable bonds is 4. The predicted molar refractivity (Wildman–Crippen MR) is 64.5 cm³/mol. The van der Waals surface area contributed by atoms with Crippen LogP contribution < -0.4 is 5.32 Å². The molecule has 94 valence electrons. The second-order valence-corrected chi connectivity index (χ2v) is 5.07. The predicted octanol–water partition coefficient (Wildman–Crippen LogP) is 0.655. The minimum Gasteiger partial charge on any atom is -0.316 e. The van der Waals surface area contributed by atoms with Gasteiger partial charge in [-0.25, -0.2) is 9.67 Å². The van der Waals surface area contributed by atoms with E-state index in [2.05, 4.69) is 29.2 Å². The summed E-state index contributed by atoms with van der Waals surface area (Å²) in [5.41, 5.74) is 0. The number of nitrogens with one attached hydrogen (secondary N) is 1. The lowest BCUT2D eigenvalue weighted by Crippen LogP contribution is -2.38. The van der Waals surface area contributed by atoms with Gasteiger partial charge in [0, 0.05) is 38.4 Å². The second kappa shape index (κ2) is 5.40. The van der Waals surface area contributed by atoms with Gasteiger partial charge in [-0.1, -0.05) is 13.8 Å². The summed E-state index contributed by atoms with van der Waals surface area (Å²) in [5, 5.41) is 7.48. The Bertz CT molecular complexity index is 386. The molecule has 0 radical (unpaired) electrons. The fraction of sp³-hybridized carbons (Fsp3) is 0.750. The van der Waals surface area contributed by atoms with Crippen LogP contribution in [0.25, 0.3) is 0 Å². The Morgan fingerprint density at radius 2 is 2.41 bits per heavy atom. The summed E-state index contributed by atoms with van der Waals surface area (Å²) in [4.78, 5) is 16.0. The van der Waals surface area contributed by atoms with Crippen molar-refractivity contribution in [2.75, 3.05) is 13.1 Å². The maximum Gasteiger partial charge on any atom is 0.138 e. The van der Waals surface area contributed by atoms with E-state index in [1.807, 2.05) is 4.68 Å². The molecule has 17 heavy (non-hydrogen) atoms. The quantitative estimate of drug-likeness (QED) is 0.834. The Labute approximate surface area is 102 Å². The van der Waals surface area contributed by atoms with Gasteiger partial charge in [0.2, 0.25) is 0 Å². The van der Waals surface area contributed by atoms with E-state index < -0.39 is 0 Å². The number of hydrogen-bond donors (Lipinski definition) is 1. The van der Waals surface area contributed by atoms with Crippen molar-refractivity contribution in [2.24, 2.45) is 11.8 Å². The highest BCUT2D eigenvalue weighted by Gasteiger charge is 2.24. The molecule has 1 saturated heterocycles. The maximum atomic E-state index is 11.8. The summed E-state index contributed by atoms with van der Waals surface area (Å²) in [5.74, 6) is 1.89. The molecular weight excluding hydrogens is 216 g/mol. The molecule has 1 aromatic rings. The average Bonchev–Trinajstić information content (AvgIpc) is 2.68. The lowest BCUT2D eigenvalue weighted by molar-refractivity contribution is -0.123. The molecule has 1 aliphatic rings. The van der Waals surface area contributed by atoms with Crippen molar-refractivity contribution >= 4 is 5.78 Å². The van der Waals surface area contributed by atoms with Gasteiger partial charge in [0.25, 0.3) is 0 Å². The largest absolute Gasteiger partial charge is 0.316 e. The first-order valence-electron chi connectivity index (χ1n) is 6.27. The van der Waals surface area contributed by atoms with Gasteiger partial charge in [0.05, 0.1) is 0 Å². The van der Waals surface area contributed by atoms with Gasteiger partial charge in [0.1, 0.15) is 17.9 Å². The standard InChI is InChI=1S/C12H20N4O/c1-9(2)7-16-12(14-8-15-16)5-10-6-13-4-3-11(10)17/h8-10,13H,3-7H2,1-2H3. The van der Waals surface area contributed by atoms with Crippen molar-refractivity contribution in [3.8, 4) is 0 Å². The molecule has 0 bridgehead atoms. The fourth-order valence-electron chi connectivity index (χ4n) is 2.16. The third-order valence-electron chi connectivity index (χ3n) is 3.06. The van der Waals surface area contributed by atoms with Crippen LogP contribution in [0.15, 0.2) is 6.33 Å². The number of piperidine rings is 1. The monoisotopic (exact) mass is 236 g/mol. The lowest BCUT2D eigenvalue weighted by atomic mass is 9.94. The van der Waals surface area contributed by atoms with Crippen molar-refractivity contribution in [3.05, 3.63) is 12.2 Å². The van der Waals surface area contributed by atoms with Crippen LogP contribution in [0, 0.1) is 11.8 Å². The number of aromatic nitrogens is 3. The van der Waals surface area contributed by atoms with Crippen molar-refractivity contribution in [3.63, 3.8) is 0 Å². The summed E-state index contributed by atoms with van der Waals surface area (Å²) < 4.78 is 1.92. The van der Waals surface area contributed by atoms with Gasteiger partial charge in [-0.2, -0.15) is 5.10 Å². The lowest BCUT2D eigenvalue weighted by Gasteiger charge is -2.21. The van der Waals surface area contributed by atoms with Gasteiger partial charge in [-0.05, 0) is 5.92 Å². The number of carbonyl (C=O) groups excluding carboxylic acids is 1. The first kappa shape index (κ1) is 12.2. The van der Waals surface area contributed by atoms with Crippen LogP contribution in [0.1, 0.15) is 26.1 Å². The maximum absolute atomic E-state index is 11.8. The molecular formula is C12H20N4O. The summed E-state index contributed by atoms with van der Waals surface area (Å²) in [6, 6.07) is 0. The van der Waals surface area contributed by atoms with Gasteiger partial charge < -0.3 is 5.32 Å². The molecule has 5 heteroatoms. The third kappa shape index (κ3) is 3.12. The van der Waals surface area contributed by atoms with E-state index in [0.717, 1.165) is 25.5 Å². The van der Waals surface area contributed by atoms with Gasteiger partial charge in [-0.15, -0.1) is 0 Å². The molecule has 1 unspecified atom stereocenters. The minimum absolute atomic E-state index is 0.0684. The van der Waals surface area contributed by atoms with Gasteiger partial charge in [0.15, 0.2) is 0 Å². The van der Waals surface area contributed by atoms with Crippen LogP contribution in [0.2, 0.25) is 0 Å². The zero-order valence-electron chi connectivity index (χ0n) is 10.5. The normalized spacial score (nSPS) is 21.1. The first-order valence-corrected chi connectivity index (χ1v) is 6.27. The van der Waals surface area contributed by atoms with E-state index in [-0.39, 0.29) is 5.92 Å². The smallest absolute Gasteiger partial charge is 0.138 e. The highest BCUT2D eigenvalue weighted by molar-refractivity contribution is 5.82. The second-order valence-electron chi connectivity index (χ2n) is 5.07. The van der Waals surface area contributed by atoms with E-state index in [4.69, 9.17) is 0 Å².